The molecule has 1 unspecified atom stereocenters. The van der Waals surface area contributed by atoms with E-state index in [9.17, 15) is 24.5 Å². The molecule has 172 valence electrons. The van der Waals surface area contributed by atoms with Crippen molar-refractivity contribution < 1.29 is 19.3 Å². The number of rotatable bonds is 5. The summed E-state index contributed by atoms with van der Waals surface area (Å²) >= 11 is 5.93. The second kappa shape index (κ2) is 9.70. The molecule has 0 N–H and O–H groups in total. The summed E-state index contributed by atoms with van der Waals surface area (Å²) in [7, 11) is 0. The fourth-order valence-corrected chi connectivity index (χ4v) is 4.90. The molecule has 0 radical (unpaired) electrons. The number of carbonyl (C=O) groups is 3. The molecule has 0 aromatic heterocycles. The molecular formula is C24H24ClN3O5. The van der Waals surface area contributed by atoms with Gasteiger partial charge in [0, 0.05) is 17.7 Å². The second-order valence-electron chi connectivity index (χ2n) is 8.40. The Bertz CT molecular complexity index is 1080. The lowest BCUT2D eigenvalue weighted by atomic mass is 10.0. The maximum absolute atomic E-state index is 13.7. The molecule has 4 rings (SSSR count). The van der Waals surface area contributed by atoms with Crippen LogP contribution in [0, 0.1) is 10.1 Å². The van der Waals surface area contributed by atoms with Gasteiger partial charge in [0.15, 0.2) is 0 Å². The van der Waals surface area contributed by atoms with Crippen molar-refractivity contribution in [1.29, 1.82) is 0 Å². The van der Waals surface area contributed by atoms with Crippen molar-refractivity contribution in [2.24, 2.45) is 0 Å². The van der Waals surface area contributed by atoms with E-state index in [0.29, 0.717) is 18.5 Å². The first-order valence-electron chi connectivity index (χ1n) is 11.1. The first kappa shape index (κ1) is 22.9. The lowest BCUT2D eigenvalue weighted by Crippen LogP contribution is -2.50. The zero-order valence-corrected chi connectivity index (χ0v) is 18.7. The van der Waals surface area contributed by atoms with Crippen LogP contribution in [0.4, 0.5) is 11.4 Å². The predicted octanol–water partition coefficient (Wildman–Crippen LogP) is 4.75. The van der Waals surface area contributed by atoms with Gasteiger partial charge >= 0.3 is 0 Å². The number of anilines is 1. The number of amides is 3. The van der Waals surface area contributed by atoms with Crippen LogP contribution >= 0.6 is 11.6 Å². The summed E-state index contributed by atoms with van der Waals surface area (Å²) in [5.74, 6) is -1.32. The van der Waals surface area contributed by atoms with Crippen molar-refractivity contribution in [2.45, 2.75) is 57.0 Å². The molecule has 3 amide bonds. The van der Waals surface area contributed by atoms with Gasteiger partial charge in [-0.05, 0) is 37.1 Å². The van der Waals surface area contributed by atoms with Crippen molar-refractivity contribution in [3.8, 4) is 0 Å². The van der Waals surface area contributed by atoms with E-state index in [1.807, 2.05) is 0 Å². The van der Waals surface area contributed by atoms with E-state index in [-0.39, 0.29) is 34.6 Å². The molecule has 8 nitrogen and oxygen atoms in total. The van der Waals surface area contributed by atoms with Crippen LogP contribution in [0.15, 0.2) is 48.5 Å². The van der Waals surface area contributed by atoms with E-state index in [0.717, 1.165) is 36.6 Å². The Hall–Kier alpha value is -3.26. The number of hydrogen-bond donors (Lipinski definition) is 0. The Kier molecular flexibility index (Phi) is 6.74. The zero-order chi connectivity index (χ0) is 23.5. The van der Waals surface area contributed by atoms with Gasteiger partial charge < -0.3 is 4.90 Å². The minimum atomic E-state index is -0.956. The number of imide groups is 1. The van der Waals surface area contributed by atoms with Gasteiger partial charge in [-0.2, -0.15) is 0 Å². The third kappa shape index (κ3) is 4.61. The highest BCUT2D eigenvalue weighted by atomic mass is 35.5. The summed E-state index contributed by atoms with van der Waals surface area (Å²) in [4.78, 5) is 53.3. The molecule has 2 fully saturated rings. The van der Waals surface area contributed by atoms with Crippen LogP contribution in [0.5, 0.6) is 0 Å². The minimum Gasteiger partial charge on any atom is -0.323 e. The molecule has 9 heteroatoms. The highest BCUT2D eigenvalue weighted by Crippen LogP contribution is 2.33. The van der Waals surface area contributed by atoms with Gasteiger partial charge in [0.2, 0.25) is 5.91 Å². The molecule has 0 spiro atoms. The first-order chi connectivity index (χ1) is 15.9. The second-order valence-corrected chi connectivity index (χ2v) is 8.81. The molecule has 2 aromatic carbocycles. The summed E-state index contributed by atoms with van der Waals surface area (Å²) in [5.41, 5.74) is 0.169. The lowest BCUT2D eigenvalue weighted by Gasteiger charge is -2.35. The molecule has 2 aliphatic rings. The molecule has 1 heterocycles. The molecule has 1 saturated heterocycles. The Morgan fingerprint density at radius 3 is 2.33 bits per heavy atom. The van der Waals surface area contributed by atoms with E-state index < -0.39 is 22.8 Å². The van der Waals surface area contributed by atoms with Gasteiger partial charge in [0.25, 0.3) is 17.5 Å². The number of carbonyl (C=O) groups excluding carboxylic acids is 3. The maximum Gasteiger partial charge on any atom is 0.288 e. The molecule has 33 heavy (non-hydrogen) atoms. The van der Waals surface area contributed by atoms with Gasteiger partial charge in [-0.25, -0.2) is 4.90 Å². The number of para-hydroxylation sites is 1. The van der Waals surface area contributed by atoms with Crippen LogP contribution in [0.3, 0.4) is 0 Å². The van der Waals surface area contributed by atoms with Crippen LogP contribution in [-0.4, -0.2) is 39.6 Å². The fourth-order valence-electron chi connectivity index (χ4n) is 4.71. The first-order valence-corrected chi connectivity index (χ1v) is 11.4. The number of nitrogens with zero attached hydrogens (tertiary/aromatic N) is 3. The summed E-state index contributed by atoms with van der Waals surface area (Å²) in [6.07, 6.45) is 5.21. The Morgan fingerprint density at radius 1 is 1.03 bits per heavy atom. The average molecular weight is 470 g/mol. The van der Waals surface area contributed by atoms with E-state index in [2.05, 4.69) is 0 Å². The third-order valence-electron chi connectivity index (χ3n) is 6.32. The van der Waals surface area contributed by atoms with Crippen LogP contribution < -0.4 is 4.90 Å². The van der Waals surface area contributed by atoms with Gasteiger partial charge in [-0.15, -0.1) is 0 Å². The number of halogens is 1. The molecule has 0 bridgehead atoms. The number of hydrogen-bond acceptors (Lipinski definition) is 5. The SMILES string of the molecule is O=C1CC(N(C(=O)c2ccc(Cl)c([N+](=O)[O-])c2)C2CCCCCC2)C(=O)N1c1ccccc1. The van der Waals surface area contributed by atoms with Crippen LogP contribution in [0.25, 0.3) is 0 Å². The largest absolute Gasteiger partial charge is 0.323 e. The van der Waals surface area contributed by atoms with Crippen LogP contribution in [0.2, 0.25) is 5.02 Å². The summed E-state index contributed by atoms with van der Waals surface area (Å²) in [5, 5.41) is 11.3. The molecular weight excluding hydrogens is 446 g/mol. The smallest absolute Gasteiger partial charge is 0.288 e. The van der Waals surface area contributed by atoms with Gasteiger partial charge in [0.1, 0.15) is 11.1 Å². The average Bonchev–Trinajstić information content (AvgIpc) is 2.97. The predicted molar refractivity (Wildman–Crippen MR) is 123 cm³/mol. The highest BCUT2D eigenvalue weighted by molar-refractivity contribution is 6.32. The van der Waals surface area contributed by atoms with E-state index in [1.54, 1.807) is 30.3 Å². The van der Waals surface area contributed by atoms with Gasteiger partial charge in [-0.3, -0.25) is 24.5 Å². The molecule has 2 aromatic rings. The van der Waals surface area contributed by atoms with E-state index in [1.165, 1.54) is 17.0 Å². The van der Waals surface area contributed by atoms with E-state index >= 15 is 0 Å². The monoisotopic (exact) mass is 469 g/mol. The number of benzene rings is 2. The Morgan fingerprint density at radius 2 is 1.70 bits per heavy atom. The van der Waals surface area contributed by atoms with Crippen molar-refractivity contribution in [3.63, 3.8) is 0 Å². The quantitative estimate of drug-likeness (QED) is 0.272. The summed E-state index contributed by atoms with van der Waals surface area (Å²) in [6.45, 7) is 0. The third-order valence-corrected chi connectivity index (χ3v) is 6.63. The van der Waals surface area contributed by atoms with Crippen LogP contribution in [-0.2, 0) is 9.59 Å². The lowest BCUT2D eigenvalue weighted by molar-refractivity contribution is -0.384. The van der Waals surface area contributed by atoms with Crippen molar-refractivity contribution >= 4 is 40.7 Å². The van der Waals surface area contributed by atoms with Crippen molar-refractivity contribution in [3.05, 3.63) is 69.2 Å². The molecule has 1 atom stereocenters. The molecule has 1 aliphatic heterocycles. The number of nitro benzene ring substituents is 1. The molecule has 1 saturated carbocycles. The highest BCUT2D eigenvalue weighted by Gasteiger charge is 2.46. The summed E-state index contributed by atoms with van der Waals surface area (Å²) in [6, 6.07) is 11.3. The number of nitro groups is 1. The Labute approximate surface area is 196 Å². The van der Waals surface area contributed by atoms with Gasteiger partial charge in [0.05, 0.1) is 17.0 Å². The van der Waals surface area contributed by atoms with Crippen LogP contribution in [0.1, 0.15) is 55.3 Å². The zero-order valence-electron chi connectivity index (χ0n) is 18.0. The van der Waals surface area contributed by atoms with Crippen molar-refractivity contribution in [2.75, 3.05) is 4.90 Å². The van der Waals surface area contributed by atoms with E-state index in [4.69, 9.17) is 11.6 Å². The molecule has 1 aliphatic carbocycles. The van der Waals surface area contributed by atoms with Gasteiger partial charge in [-0.1, -0.05) is 55.5 Å². The Balaban J connectivity index is 1.72. The van der Waals surface area contributed by atoms with Crippen molar-refractivity contribution in [1.82, 2.24) is 4.90 Å². The maximum atomic E-state index is 13.7. The topological polar surface area (TPSA) is 101 Å². The normalized spacial score (nSPS) is 19.4. The summed E-state index contributed by atoms with van der Waals surface area (Å²) < 4.78 is 0. The standard InChI is InChI=1S/C24H24ClN3O5/c25-19-13-12-16(14-20(19)28(32)33)23(30)26(17-8-4-1-2-5-9-17)21-15-22(29)27(24(21)31)18-10-6-3-7-11-18/h3,6-7,10-14,17,21H,1-2,4-5,8-9,15H2. The fraction of sp³-hybridized carbons (Fsp3) is 0.375. The minimum absolute atomic E-state index is 0.0695.